The van der Waals surface area contributed by atoms with Crippen molar-refractivity contribution in [3.63, 3.8) is 0 Å². The number of para-hydroxylation sites is 2. The van der Waals surface area contributed by atoms with Crippen molar-refractivity contribution in [1.82, 2.24) is 4.90 Å². The Hall–Kier alpha value is -2.53. The number of nitrogens with one attached hydrogen (secondary N) is 1. The molecule has 1 fully saturated rings. The van der Waals surface area contributed by atoms with Crippen molar-refractivity contribution in [1.29, 1.82) is 0 Å². The van der Waals surface area contributed by atoms with Crippen LogP contribution < -0.4 is 10.2 Å². The zero-order valence-electron chi connectivity index (χ0n) is 13.9. The number of urea groups is 1. The van der Waals surface area contributed by atoms with Crippen LogP contribution in [0.2, 0.25) is 0 Å². The summed E-state index contributed by atoms with van der Waals surface area (Å²) in [4.78, 5) is 16.5. The van der Waals surface area contributed by atoms with Gasteiger partial charge in [-0.05, 0) is 17.7 Å². The first-order valence-corrected chi connectivity index (χ1v) is 8.22. The molecule has 2 aromatic carbocycles. The van der Waals surface area contributed by atoms with E-state index >= 15 is 0 Å². The third-order valence-electron chi connectivity index (χ3n) is 4.11. The van der Waals surface area contributed by atoms with Gasteiger partial charge in [0.15, 0.2) is 0 Å². The zero-order valence-corrected chi connectivity index (χ0v) is 13.9. The molecule has 5 heteroatoms. The minimum atomic E-state index is -0.112. The molecule has 126 valence electrons. The summed E-state index contributed by atoms with van der Waals surface area (Å²) in [5, 5.41) is 3.03. The lowest BCUT2D eigenvalue weighted by atomic mass is 10.2. The molecule has 1 N–H and O–H groups in total. The molecular weight excluding hydrogens is 302 g/mol. The van der Waals surface area contributed by atoms with Crippen molar-refractivity contribution in [2.75, 3.05) is 43.6 Å². The van der Waals surface area contributed by atoms with Crippen molar-refractivity contribution in [3.05, 3.63) is 60.2 Å². The number of rotatable bonds is 4. The molecule has 1 aliphatic heterocycles. The van der Waals surface area contributed by atoms with Gasteiger partial charge in [0, 0.05) is 26.7 Å². The van der Waals surface area contributed by atoms with Crippen LogP contribution in [0.4, 0.5) is 16.2 Å². The number of nitrogens with zero attached hydrogens (tertiary/aromatic N) is 2. The van der Waals surface area contributed by atoms with Crippen molar-refractivity contribution in [2.24, 2.45) is 0 Å². The number of ether oxygens (including phenoxy) is 1. The third kappa shape index (κ3) is 4.06. The fourth-order valence-electron chi connectivity index (χ4n) is 2.80. The molecule has 2 amide bonds. The lowest BCUT2D eigenvalue weighted by Crippen LogP contribution is -2.37. The highest BCUT2D eigenvalue weighted by atomic mass is 16.5. The SMILES string of the molecule is CN(Cc1ccccc1)C(=O)Nc1ccccc1N1CCOCC1. The maximum absolute atomic E-state index is 12.5. The third-order valence-corrected chi connectivity index (χ3v) is 4.11. The summed E-state index contributed by atoms with van der Waals surface area (Å²) in [7, 11) is 1.81. The predicted molar refractivity (Wildman–Crippen MR) is 96.4 cm³/mol. The minimum Gasteiger partial charge on any atom is -0.378 e. The Morgan fingerprint density at radius 3 is 2.50 bits per heavy atom. The Bertz CT molecular complexity index is 669. The summed E-state index contributed by atoms with van der Waals surface area (Å²) in [5.74, 6) is 0. The largest absolute Gasteiger partial charge is 0.378 e. The first-order chi connectivity index (χ1) is 11.7. The van der Waals surface area contributed by atoms with Gasteiger partial charge in [0.2, 0.25) is 0 Å². The molecule has 1 saturated heterocycles. The average molecular weight is 325 g/mol. The molecule has 2 aromatic rings. The summed E-state index contributed by atoms with van der Waals surface area (Å²) >= 11 is 0. The standard InChI is InChI=1S/C19H23N3O2/c1-21(15-16-7-3-2-4-8-16)19(23)20-17-9-5-6-10-18(17)22-11-13-24-14-12-22/h2-10H,11-15H2,1H3,(H,20,23). The number of carbonyl (C=O) groups excluding carboxylic acids is 1. The molecule has 0 aliphatic carbocycles. The summed E-state index contributed by atoms with van der Waals surface area (Å²) < 4.78 is 5.41. The van der Waals surface area contributed by atoms with E-state index in [1.165, 1.54) is 0 Å². The van der Waals surface area contributed by atoms with E-state index in [1.54, 1.807) is 11.9 Å². The molecule has 1 heterocycles. The van der Waals surface area contributed by atoms with Gasteiger partial charge in [-0.2, -0.15) is 0 Å². The first kappa shape index (κ1) is 16.3. The van der Waals surface area contributed by atoms with E-state index < -0.39 is 0 Å². The van der Waals surface area contributed by atoms with Gasteiger partial charge in [-0.3, -0.25) is 0 Å². The molecule has 0 saturated carbocycles. The van der Waals surface area contributed by atoms with Gasteiger partial charge in [0.25, 0.3) is 0 Å². The van der Waals surface area contributed by atoms with Gasteiger partial charge >= 0.3 is 6.03 Å². The Labute approximate surface area is 142 Å². The molecule has 0 spiro atoms. The number of hydrogen-bond donors (Lipinski definition) is 1. The maximum Gasteiger partial charge on any atom is 0.321 e. The second-order valence-corrected chi connectivity index (χ2v) is 5.89. The Kier molecular flexibility index (Phi) is 5.33. The van der Waals surface area contributed by atoms with E-state index in [-0.39, 0.29) is 6.03 Å². The van der Waals surface area contributed by atoms with Crippen molar-refractivity contribution < 1.29 is 9.53 Å². The second kappa shape index (κ2) is 7.84. The smallest absolute Gasteiger partial charge is 0.321 e. The Balaban J connectivity index is 1.67. The number of hydrogen-bond acceptors (Lipinski definition) is 3. The number of amides is 2. The van der Waals surface area contributed by atoms with Gasteiger partial charge in [-0.25, -0.2) is 4.79 Å². The number of carbonyl (C=O) groups is 1. The van der Waals surface area contributed by atoms with E-state index in [9.17, 15) is 4.79 Å². The average Bonchev–Trinajstić information content (AvgIpc) is 2.63. The van der Waals surface area contributed by atoms with E-state index in [1.807, 2.05) is 54.6 Å². The predicted octanol–water partition coefficient (Wildman–Crippen LogP) is 3.19. The van der Waals surface area contributed by atoms with E-state index in [4.69, 9.17) is 4.74 Å². The van der Waals surface area contributed by atoms with Crippen LogP contribution in [0, 0.1) is 0 Å². The molecule has 0 atom stereocenters. The van der Waals surface area contributed by atoms with Gasteiger partial charge in [-0.15, -0.1) is 0 Å². The van der Waals surface area contributed by atoms with Crippen LogP contribution in [0.15, 0.2) is 54.6 Å². The normalized spacial score (nSPS) is 14.3. The maximum atomic E-state index is 12.5. The number of morpholine rings is 1. The monoisotopic (exact) mass is 325 g/mol. The Morgan fingerprint density at radius 1 is 1.08 bits per heavy atom. The molecule has 0 bridgehead atoms. The summed E-state index contributed by atoms with van der Waals surface area (Å²) in [6.07, 6.45) is 0. The molecule has 0 aromatic heterocycles. The minimum absolute atomic E-state index is 0.112. The first-order valence-electron chi connectivity index (χ1n) is 8.22. The van der Waals surface area contributed by atoms with Gasteiger partial charge < -0.3 is 19.9 Å². The highest BCUT2D eigenvalue weighted by Crippen LogP contribution is 2.26. The number of benzene rings is 2. The van der Waals surface area contributed by atoms with Crippen LogP contribution in [0.5, 0.6) is 0 Å². The van der Waals surface area contributed by atoms with Crippen LogP contribution in [-0.2, 0) is 11.3 Å². The van der Waals surface area contributed by atoms with Crippen LogP contribution in [-0.4, -0.2) is 44.3 Å². The summed E-state index contributed by atoms with van der Waals surface area (Å²) in [6.45, 7) is 3.69. The molecule has 0 radical (unpaired) electrons. The van der Waals surface area contributed by atoms with Crippen LogP contribution in [0.1, 0.15) is 5.56 Å². The quantitative estimate of drug-likeness (QED) is 0.939. The highest BCUT2D eigenvalue weighted by molar-refractivity contribution is 5.93. The lowest BCUT2D eigenvalue weighted by Gasteiger charge is -2.31. The van der Waals surface area contributed by atoms with E-state index in [2.05, 4.69) is 10.2 Å². The summed E-state index contributed by atoms with van der Waals surface area (Å²) in [5.41, 5.74) is 2.99. The molecule has 1 aliphatic rings. The van der Waals surface area contributed by atoms with Crippen molar-refractivity contribution >= 4 is 17.4 Å². The highest BCUT2D eigenvalue weighted by Gasteiger charge is 2.17. The Morgan fingerprint density at radius 2 is 1.75 bits per heavy atom. The van der Waals surface area contributed by atoms with Crippen molar-refractivity contribution in [3.8, 4) is 0 Å². The van der Waals surface area contributed by atoms with Crippen LogP contribution in [0.3, 0.4) is 0 Å². The van der Waals surface area contributed by atoms with Crippen LogP contribution >= 0.6 is 0 Å². The molecule has 0 unspecified atom stereocenters. The van der Waals surface area contributed by atoms with E-state index in [0.29, 0.717) is 6.54 Å². The number of anilines is 2. The van der Waals surface area contributed by atoms with E-state index in [0.717, 1.165) is 43.2 Å². The van der Waals surface area contributed by atoms with Crippen LogP contribution in [0.25, 0.3) is 0 Å². The fraction of sp³-hybridized carbons (Fsp3) is 0.316. The van der Waals surface area contributed by atoms with Gasteiger partial charge in [-0.1, -0.05) is 42.5 Å². The zero-order chi connectivity index (χ0) is 16.8. The van der Waals surface area contributed by atoms with Gasteiger partial charge in [0.1, 0.15) is 0 Å². The summed E-state index contributed by atoms with van der Waals surface area (Å²) in [6, 6.07) is 17.8. The second-order valence-electron chi connectivity index (χ2n) is 5.89. The molecule has 5 nitrogen and oxygen atoms in total. The fourth-order valence-corrected chi connectivity index (χ4v) is 2.80. The van der Waals surface area contributed by atoms with Crippen molar-refractivity contribution in [2.45, 2.75) is 6.54 Å². The van der Waals surface area contributed by atoms with Gasteiger partial charge in [0.05, 0.1) is 24.6 Å². The lowest BCUT2D eigenvalue weighted by molar-refractivity contribution is 0.123. The molecule has 3 rings (SSSR count). The molecular formula is C19H23N3O2. The molecule has 24 heavy (non-hydrogen) atoms. The topological polar surface area (TPSA) is 44.8 Å².